The Balaban J connectivity index is 1.69. The maximum absolute atomic E-state index is 13.1. The molecule has 0 saturated heterocycles. The molecule has 3 rings (SSSR count). The summed E-state index contributed by atoms with van der Waals surface area (Å²) in [5.41, 5.74) is 0.544. The van der Waals surface area contributed by atoms with Crippen molar-refractivity contribution in [3.8, 4) is 0 Å². The molecule has 7 heteroatoms. The van der Waals surface area contributed by atoms with Gasteiger partial charge in [0.15, 0.2) is 11.0 Å². The Morgan fingerprint density at radius 1 is 1.38 bits per heavy atom. The van der Waals surface area contributed by atoms with Gasteiger partial charge in [0.1, 0.15) is 12.4 Å². The van der Waals surface area contributed by atoms with Gasteiger partial charge >= 0.3 is 0 Å². The normalized spacial score (nSPS) is 16.1. The summed E-state index contributed by atoms with van der Waals surface area (Å²) >= 11 is 1.37. The van der Waals surface area contributed by atoms with Crippen LogP contribution < -0.4 is 0 Å². The summed E-state index contributed by atoms with van der Waals surface area (Å²) in [5, 5.41) is 28.1. The van der Waals surface area contributed by atoms with Crippen LogP contribution in [0.25, 0.3) is 0 Å². The molecule has 2 aromatic rings. The fourth-order valence-corrected chi connectivity index (χ4v) is 3.17. The zero-order chi connectivity index (χ0) is 14.8. The summed E-state index contributed by atoms with van der Waals surface area (Å²) in [7, 11) is 0. The van der Waals surface area contributed by atoms with Gasteiger partial charge in [-0.25, -0.2) is 4.39 Å². The molecule has 1 unspecified atom stereocenters. The van der Waals surface area contributed by atoms with E-state index in [9.17, 15) is 14.6 Å². The first kappa shape index (κ1) is 14.5. The standard InChI is InChI=1S/C14H16FN3O2S/c15-10-3-1-2-9(6-10)12(20)8-21-14-17-16-13(7-19)18(14)11-4-5-11/h1-3,6,11-12,19-20H,4-5,7-8H2. The van der Waals surface area contributed by atoms with Gasteiger partial charge in [0.2, 0.25) is 0 Å². The van der Waals surface area contributed by atoms with Crippen molar-refractivity contribution >= 4 is 11.8 Å². The molecule has 1 aromatic carbocycles. The zero-order valence-electron chi connectivity index (χ0n) is 11.3. The van der Waals surface area contributed by atoms with Crippen molar-refractivity contribution < 1.29 is 14.6 Å². The summed E-state index contributed by atoms with van der Waals surface area (Å²) in [4.78, 5) is 0. The minimum absolute atomic E-state index is 0.142. The maximum atomic E-state index is 13.1. The molecule has 0 amide bonds. The molecule has 2 N–H and O–H groups in total. The molecule has 0 spiro atoms. The van der Waals surface area contributed by atoms with Crippen LogP contribution in [0.3, 0.4) is 0 Å². The van der Waals surface area contributed by atoms with E-state index in [1.54, 1.807) is 12.1 Å². The number of hydrogen-bond donors (Lipinski definition) is 2. The van der Waals surface area contributed by atoms with E-state index >= 15 is 0 Å². The van der Waals surface area contributed by atoms with Gasteiger partial charge in [-0.15, -0.1) is 10.2 Å². The molecule has 1 fully saturated rings. The minimum atomic E-state index is -0.771. The molecule has 5 nitrogen and oxygen atoms in total. The van der Waals surface area contributed by atoms with Crippen LogP contribution in [0.15, 0.2) is 29.4 Å². The molecular formula is C14H16FN3O2S. The third-order valence-electron chi connectivity index (χ3n) is 3.39. The van der Waals surface area contributed by atoms with E-state index in [0.717, 1.165) is 12.8 Å². The summed E-state index contributed by atoms with van der Waals surface area (Å²) < 4.78 is 15.1. The number of aromatic nitrogens is 3. The van der Waals surface area contributed by atoms with E-state index in [1.807, 2.05) is 4.57 Å². The van der Waals surface area contributed by atoms with E-state index in [1.165, 1.54) is 23.9 Å². The quantitative estimate of drug-likeness (QED) is 0.799. The lowest BCUT2D eigenvalue weighted by Crippen LogP contribution is -2.05. The Labute approximate surface area is 125 Å². The predicted molar refractivity (Wildman–Crippen MR) is 76.3 cm³/mol. The SMILES string of the molecule is OCc1nnc(SCC(O)c2cccc(F)c2)n1C1CC1. The molecule has 1 aliphatic rings. The molecule has 1 saturated carbocycles. The Kier molecular flexibility index (Phi) is 4.23. The first-order valence-electron chi connectivity index (χ1n) is 6.80. The third kappa shape index (κ3) is 3.25. The average molecular weight is 309 g/mol. The van der Waals surface area contributed by atoms with E-state index in [0.29, 0.717) is 28.3 Å². The highest BCUT2D eigenvalue weighted by atomic mass is 32.2. The third-order valence-corrected chi connectivity index (χ3v) is 4.41. The van der Waals surface area contributed by atoms with Crippen LogP contribution in [0.2, 0.25) is 0 Å². The minimum Gasteiger partial charge on any atom is -0.388 e. The van der Waals surface area contributed by atoms with E-state index in [2.05, 4.69) is 10.2 Å². The number of nitrogens with zero attached hydrogens (tertiary/aromatic N) is 3. The fourth-order valence-electron chi connectivity index (χ4n) is 2.18. The highest BCUT2D eigenvalue weighted by molar-refractivity contribution is 7.99. The second-order valence-corrected chi connectivity index (χ2v) is 6.03. The van der Waals surface area contributed by atoms with Crippen molar-refractivity contribution in [3.05, 3.63) is 41.5 Å². The Hall–Kier alpha value is -1.44. The monoisotopic (exact) mass is 309 g/mol. The van der Waals surface area contributed by atoms with Crippen LogP contribution >= 0.6 is 11.8 Å². The van der Waals surface area contributed by atoms with Crippen LogP contribution in [0.5, 0.6) is 0 Å². The first-order valence-corrected chi connectivity index (χ1v) is 7.78. The van der Waals surface area contributed by atoms with Crippen LogP contribution in [0.4, 0.5) is 4.39 Å². The van der Waals surface area contributed by atoms with Crippen LogP contribution in [-0.2, 0) is 6.61 Å². The maximum Gasteiger partial charge on any atom is 0.191 e. The molecular weight excluding hydrogens is 293 g/mol. The highest BCUT2D eigenvalue weighted by Crippen LogP contribution is 2.39. The topological polar surface area (TPSA) is 71.2 Å². The molecule has 1 atom stereocenters. The number of aliphatic hydroxyl groups is 2. The van der Waals surface area contributed by atoms with Crippen molar-refractivity contribution in [3.63, 3.8) is 0 Å². The van der Waals surface area contributed by atoms with Gasteiger partial charge in [-0.05, 0) is 30.5 Å². The van der Waals surface area contributed by atoms with Crippen molar-refractivity contribution in [2.24, 2.45) is 0 Å². The van der Waals surface area contributed by atoms with Crippen LogP contribution in [0.1, 0.15) is 36.4 Å². The molecule has 1 aliphatic carbocycles. The lowest BCUT2D eigenvalue weighted by Gasteiger charge is -2.11. The van der Waals surface area contributed by atoms with Gasteiger partial charge in [0, 0.05) is 11.8 Å². The number of benzene rings is 1. The lowest BCUT2D eigenvalue weighted by atomic mass is 10.1. The molecule has 112 valence electrons. The van der Waals surface area contributed by atoms with Crippen LogP contribution in [0, 0.1) is 5.82 Å². The number of rotatable bonds is 6. The Morgan fingerprint density at radius 2 is 2.19 bits per heavy atom. The highest BCUT2D eigenvalue weighted by Gasteiger charge is 2.29. The number of halogens is 1. The zero-order valence-corrected chi connectivity index (χ0v) is 12.1. The van der Waals surface area contributed by atoms with Gasteiger partial charge in [0.05, 0.1) is 6.10 Å². The molecule has 1 aromatic heterocycles. The molecule has 0 bridgehead atoms. The van der Waals surface area contributed by atoms with Gasteiger partial charge in [-0.3, -0.25) is 0 Å². The Morgan fingerprint density at radius 3 is 2.86 bits per heavy atom. The number of thioether (sulfide) groups is 1. The van der Waals surface area contributed by atoms with E-state index in [4.69, 9.17) is 0 Å². The lowest BCUT2D eigenvalue weighted by molar-refractivity contribution is 0.203. The van der Waals surface area contributed by atoms with Gasteiger partial charge in [-0.2, -0.15) is 0 Å². The van der Waals surface area contributed by atoms with Crippen molar-refractivity contribution in [1.29, 1.82) is 0 Å². The predicted octanol–water partition coefficient (Wildman–Crippen LogP) is 2.07. The summed E-state index contributed by atoms with van der Waals surface area (Å²) in [6, 6.07) is 6.31. The molecule has 1 heterocycles. The first-order chi connectivity index (χ1) is 10.2. The van der Waals surface area contributed by atoms with Crippen molar-refractivity contribution in [1.82, 2.24) is 14.8 Å². The number of aliphatic hydroxyl groups excluding tert-OH is 2. The summed E-state index contributed by atoms with van der Waals surface area (Å²) in [6.45, 7) is -0.142. The molecule has 0 aliphatic heterocycles. The summed E-state index contributed by atoms with van der Waals surface area (Å²) in [5.74, 6) is 0.556. The van der Waals surface area contributed by atoms with Gasteiger partial charge in [0.25, 0.3) is 0 Å². The largest absolute Gasteiger partial charge is 0.388 e. The smallest absolute Gasteiger partial charge is 0.191 e. The van der Waals surface area contributed by atoms with Crippen LogP contribution in [-0.4, -0.2) is 30.7 Å². The van der Waals surface area contributed by atoms with Crippen molar-refractivity contribution in [2.45, 2.75) is 36.8 Å². The van der Waals surface area contributed by atoms with E-state index in [-0.39, 0.29) is 12.4 Å². The van der Waals surface area contributed by atoms with Gasteiger partial charge in [-0.1, -0.05) is 23.9 Å². The second kappa shape index (κ2) is 6.13. The number of hydrogen-bond acceptors (Lipinski definition) is 5. The average Bonchev–Trinajstić information content (AvgIpc) is 3.24. The second-order valence-electron chi connectivity index (χ2n) is 5.04. The van der Waals surface area contributed by atoms with Crippen molar-refractivity contribution in [2.75, 3.05) is 5.75 Å². The molecule has 21 heavy (non-hydrogen) atoms. The fraction of sp³-hybridized carbons (Fsp3) is 0.429. The summed E-state index contributed by atoms with van der Waals surface area (Å²) in [6.07, 6.45) is 1.35. The van der Waals surface area contributed by atoms with E-state index < -0.39 is 6.10 Å². The Bertz CT molecular complexity index is 630. The molecule has 0 radical (unpaired) electrons. The van der Waals surface area contributed by atoms with Gasteiger partial charge < -0.3 is 14.8 Å².